The summed E-state index contributed by atoms with van der Waals surface area (Å²) in [7, 11) is -0.124. The Morgan fingerprint density at radius 1 is 1.32 bits per heavy atom. The van der Waals surface area contributed by atoms with Gasteiger partial charge in [-0.1, -0.05) is 0 Å². The summed E-state index contributed by atoms with van der Waals surface area (Å²) in [5, 5.41) is 4.24. The number of ether oxygens (including phenoxy) is 1. The third-order valence-corrected chi connectivity index (χ3v) is 5.53. The van der Waals surface area contributed by atoms with Gasteiger partial charge in [0.25, 0.3) is 0 Å². The minimum Gasteiger partial charge on any atom is -0.497 e. The largest absolute Gasteiger partial charge is 0.497 e. The predicted molar refractivity (Wildman–Crippen MR) is 82.2 cm³/mol. The van der Waals surface area contributed by atoms with Gasteiger partial charge in [-0.2, -0.15) is 5.10 Å². The highest BCUT2D eigenvalue weighted by molar-refractivity contribution is 7.89. The second-order valence-corrected chi connectivity index (χ2v) is 7.13. The van der Waals surface area contributed by atoms with Gasteiger partial charge in [-0.05, 0) is 43.5 Å². The summed E-state index contributed by atoms with van der Waals surface area (Å²) in [6, 6.07) is 6.17. The lowest BCUT2D eigenvalue weighted by Gasteiger charge is -2.23. The molecule has 1 atom stereocenters. The number of aromatic nitrogens is 2. The van der Waals surface area contributed by atoms with Gasteiger partial charge in [0, 0.05) is 18.3 Å². The first-order chi connectivity index (χ1) is 10.5. The van der Waals surface area contributed by atoms with Crippen molar-refractivity contribution >= 4 is 10.0 Å². The normalized spacial score (nSPS) is 18.0. The van der Waals surface area contributed by atoms with Crippen molar-refractivity contribution in [3.63, 3.8) is 0 Å². The molecule has 118 valence electrons. The molecular weight excluding hydrogens is 302 g/mol. The molecule has 0 amide bonds. The molecular formula is C15H19N3O3S. The summed E-state index contributed by atoms with van der Waals surface area (Å²) in [5.74, 6) is 0.631. The van der Waals surface area contributed by atoms with Gasteiger partial charge in [0.1, 0.15) is 5.75 Å². The molecule has 3 rings (SSSR count). The Hall–Kier alpha value is -1.86. The number of hydrogen-bond acceptors (Lipinski definition) is 4. The van der Waals surface area contributed by atoms with Crippen molar-refractivity contribution in [2.75, 3.05) is 7.11 Å². The molecule has 2 aromatic rings. The highest BCUT2D eigenvalue weighted by Gasteiger charge is 2.27. The van der Waals surface area contributed by atoms with Crippen molar-refractivity contribution in [3.05, 3.63) is 41.7 Å². The number of rotatable bonds is 4. The van der Waals surface area contributed by atoms with Crippen LogP contribution < -0.4 is 9.46 Å². The topological polar surface area (TPSA) is 73.2 Å². The summed E-state index contributed by atoms with van der Waals surface area (Å²) in [6.45, 7) is 0. The van der Waals surface area contributed by atoms with Crippen LogP contribution in [0, 0.1) is 0 Å². The van der Waals surface area contributed by atoms with Crippen molar-refractivity contribution in [1.82, 2.24) is 14.5 Å². The Morgan fingerprint density at radius 2 is 2.05 bits per heavy atom. The average Bonchev–Trinajstić information content (AvgIpc) is 2.90. The highest BCUT2D eigenvalue weighted by atomic mass is 32.2. The standard InChI is InChI=1S/C15H19N3O3S/c1-18-15-5-3-4-14(13(15)10-16-18)17-22(19,20)12-8-6-11(21-2)7-9-12/h6-10,14,17H,3-5H2,1-2H3/t14-/m1/s1. The molecule has 0 radical (unpaired) electrons. The fourth-order valence-corrected chi connectivity index (χ4v) is 4.09. The number of nitrogens with one attached hydrogen (secondary N) is 1. The second kappa shape index (κ2) is 5.73. The Kier molecular flexibility index (Phi) is 3.92. The van der Waals surface area contributed by atoms with Gasteiger partial charge in [0.05, 0.1) is 24.2 Å². The lowest BCUT2D eigenvalue weighted by atomic mass is 9.94. The fraction of sp³-hybridized carbons (Fsp3) is 0.400. The monoisotopic (exact) mass is 321 g/mol. The van der Waals surface area contributed by atoms with Crippen LogP contribution in [0.25, 0.3) is 0 Å². The molecule has 0 saturated heterocycles. The minimum absolute atomic E-state index is 0.218. The molecule has 7 heteroatoms. The van der Waals surface area contributed by atoms with Crippen LogP contribution in [0.5, 0.6) is 5.75 Å². The Bertz CT molecular complexity index is 766. The van der Waals surface area contributed by atoms with Crippen LogP contribution in [0.15, 0.2) is 35.4 Å². The zero-order valence-electron chi connectivity index (χ0n) is 12.6. The number of aryl methyl sites for hydroxylation is 1. The van der Waals surface area contributed by atoms with Crippen LogP contribution >= 0.6 is 0 Å². The third kappa shape index (κ3) is 2.74. The van der Waals surface area contributed by atoms with E-state index in [1.807, 2.05) is 11.7 Å². The molecule has 1 aromatic heterocycles. The maximum Gasteiger partial charge on any atom is 0.241 e. The van der Waals surface area contributed by atoms with E-state index < -0.39 is 10.0 Å². The summed E-state index contributed by atoms with van der Waals surface area (Å²) in [5.41, 5.74) is 2.08. The predicted octanol–water partition coefficient (Wildman–Crippen LogP) is 1.78. The molecule has 0 spiro atoms. The van der Waals surface area contributed by atoms with Crippen LogP contribution in [0.4, 0.5) is 0 Å². The van der Waals surface area contributed by atoms with Crippen molar-refractivity contribution in [2.45, 2.75) is 30.2 Å². The zero-order chi connectivity index (χ0) is 15.7. The van der Waals surface area contributed by atoms with E-state index in [1.165, 1.54) is 0 Å². The molecule has 1 heterocycles. The zero-order valence-corrected chi connectivity index (χ0v) is 13.4. The van der Waals surface area contributed by atoms with Crippen molar-refractivity contribution in [3.8, 4) is 5.75 Å². The third-order valence-electron chi connectivity index (χ3n) is 4.04. The average molecular weight is 321 g/mol. The SMILES string of the molecule is COc1ccc(S(=O)(=O)N[C@@H]2CCCc3c2cnn3C)cc1. The fourth-order valence-electron chi connectivity index (χ4n) is 2.84. The van der Waals surface area contributed by atoms with Crippen LogP contribution in [0.2, 0.25) is 0 Å². The van der Waals surface area contributed by atoms with Crippen LogP contribution in [0.3, 0.4) is 0 Å². The van der Waals surface area contributed by atoms with E-state index in [1.54, 1.807) is 37.6 Å². The Morgan fingerprint density at radius 3 is 2.73 bits per heavy atom. The Balaban J connectivity index is 1.85. The molecule has 6 nitrogen and oxygen atoms in total. The molecule has 1 aliphatic carbocycles. The van der Waals surface area contributed by atoms with E-state index in [0.29, 0.717) is 5.75 Å². The van der Waals surface area contributed by atoms with Gasteiger partial charge in [0.15, 0.2) is 0 Å². The van der Waals surface area contributed by atoms with Crippen LogP contribution in [0.1, 0.15) is 30.1 Å². The highest BCUT2D eigenvalue weighted by Crippen LogP contribution is 2.30. The molecule has 22 heavy (non-hydrogen) atoms. The minimum atomic E-state index is -3.56. The molecule has 1 aromatic carbocycles. The van der Waals surface area contributed by atoms with E-state index in [-0.39, 0.29) is 10.9 Å². The molecule has 1 N–H and O–H groups in total. The summed E-state index contributed by atoms with van der Waals surface area (Å²) >= 11 is 0. The maximum absolute atomic E-state index is 12.5. The van der Waals surface area contributed by atoms with Crippen molar-refractivity contribution < 1.29 is 13.2 Å². The smallest absolute Gasteiger partial charge is 0.241 e. The van der Waals surface area contributed by atoms with Crippen LogP contribution in [-0.2, 0) is 23.5 Å². The number of hydrogen-bond donors (Lipinski definition) is 1. The number of methoxy groups -OCH3 is 1. The van der Waals surface area contributed by atoms with Crippen molar-refractivity contribution in [1.29, 1.82) is 0 Å². The van der Waals surface area contributed by atoms with Crippen molar-refractivity contribution in [2.24, 2.45) is 7.05 Å². The molecule has 0 saturated carbocycles. The lowest BCUT2D eigenvalue weighted by molar-refractivity contribution is 0.414. The number of sulfonamides is 1. The van der Waals surface area contributed by atoms with Gasteiger partial charge in [-0.25, -0.2) is 13.1 Å². The van der Waals surface area contributed by atoms with E-state index in [9.17, 15) is 8.42 Å². The van der Waals surface area contributed by atoms with Gasteiger partial charge < -0.3 is 4.74 Å². The molecule has 0 fully saturated rings. The Labute approximate surface area is 130 Å². The first kappa shape index (κ1) is 15.1. The second-order valence-electron chi connectivity index (χ2n) is 5.41. The lowest BCUT2D eigenvalue weighted by Crippen LogP contribution is -2.31. The number of benzene rings is 1. The number of fused-ring (bicyclic) bond motifs is 1. The summed E-state index contributed by atoms with van der Waals surface area (Å²) < 4.78 is 34.7. The summed E-state index contributed by atoms with van der Waals surface area (Å²) in [4.78, 5) is 0.240. The van der Waals surface area contributed by atoms with Gasteiger partial charge in [0.2, 0.25) is 10.0 Å². The quantitative estimate of drug-likeness (QED) is 0.932. The molecule has 0 bridgehead atoms. The van der Waals surface area contributed by atoms with Crippen LogP contribution in [-0.4, -0.2) is 25.3 Å². The molecule has 1 aliphatic rings. The molecule has 0 unspecified atom stereocenters. The van der Waals surface area contributed by atoms with E-state index in [4.69, 9.17) is 4.74 Å². The van der Waals surface area contributed by atoms with E-state index in [0.717, 1.165) is 30.5 Å². The first-order valence-electron chi connectivity index (χ1n) is 7.18. The summed E-state index contributed by atoms with van der Waals surface area (Å²) in [6.07, 6.45) is 4.43. The first-order valence-corrected chi connectivity index (χ1v) is 8.67. The number of nitrogens with zero attached hydrogens (tertiary/aromatic N) is 2. The van der Waals surface area contributed by atoms with Gasteiger partial charge in [-0.15, -0.1) is 0 Å². The van der Waals surface area contributed by atoms with E-state index in [2.05, 4.69) is 9.82 Å². The van der Waals surface area contributed by atoms with Gasteiger partial charge in [-0.3, -0.25) is 4.68 Å². The molecule has 0 aliphatic heterocycles. The maximum atomic E-state index is 12.5. The van der Waals surface area contributed by atoms with Gasteiger partial charge >= 0.3 is 0 Å². The van der Waals surface area contributed by atoms with E-state index >= 15 is 0 Å².